The Labute approximate surface area is 98.9 Å². The number of esters is 1. The monoisotopic (exact) mass is 227 g/mol. The van der Waals surface area contributed by atoms with Gasteiger partial charge in [-0.15, -0.1) is 0 Å². The van der Waals surface area contributed by atoms with Crippen LogP contribution < -0.4 is 5.32 Å². The zero-order chi connectivity index (χ0) is 12.2. The van der Waals surface area contributed by atoms with Crippen LogP contribution in [0.4, 0.5) is 0 Å². The summed E-state index contributed by atoms with van der Waals surface area (Å²) in [7, 11) is 0. The molecule has 3 nitrogen and oxygen atoms in total. The fourth-order valence-electron chi connectivity index (χ4n) is 2.22. The molecule has 1 N–H and O–H groups in total. The zero-order valence-electron chi connectivity index (χ0n) is 11.0. The number of nitrogens with one attached hydrogen (secondary N) is 1. The average Bonchev–Trinajstić information content (AvgIpc) is 2.12. The van der Waals surface area contributed by atoms with Crippen LogP contribution in [0.3, 0.4) is 0 Å². The zero-order valence-corrected chi connectivity index (χ0v) is 11.0. The SMILES string of the molecule is CC1CCCC(NCC(=O)OC(C)(C)C)C1. The average molecular weight is 227 g/mol. The lowest BCUT2D eigenvalue weighted by atomic mass is 9.87. The molecule has 0 aromatic carbocycles. The van der Waals surface area contributed by atoms with Crippen LogP contribution in [0.5, 0.6) is 0 Å². The van der Waals surface area contributed by atoms with Gasteiger partial charge in [0.05, 0.1) is 6.54 Å². The van der Waals surface area contributed by atoms with Crippen LogP contribution in [0.25, 0.3) is 0 Å². The molecule has 1 aliphatic carbocycles. The highest BCUT2D eigenvalue weighted by Gasteiger charge is 2.21. The van der Waals surface area contributed by atoms with Crippen LogP contribution >= 0.6 is 0 Å². The van der Waals surface area contributed by atoms with E-state index in [9.17, 15) is 4.79 Å². The van der Waals surface area contributed by atoms with Crippen molar-refractivity contribution in [3.8, 4) is 0 Å². The van der Waals surface area contributed by atoms with Gasteiger partial charge in [0, 0.05) is 6.04 Å². The first-order chi connectivity index (χ1) is 7.37. The summed E-state index contributed by atoms with van der Waals surface area (Å²) in [5.41, 5.74) is -0.376. The molecule has 1 saturated carbocycles. The standard InChI is InChI=1S/C13H25NO2/c1-10-6-5-7-11(8-10)14-9-12(15)16-13(2,3)4/h10-11,14H,5-9H2,1-4H3. The van der Waals surface area contributed by atoms with Crippen molar-refractivity contribution >= 4 is 5.97 Å². The van der Waals surface area contributed by atoms with Gasteiger partial charge in [-0.1, -0.05) is 19.8 Å². The van der Waals surface area contributed by atoms with E-state index in [2.05, 4.69) is 12.2 Å². The highest BCUT2D eigenvalue weighted by molar-refractivity contribution is 5.72. The molecular formula is C13H25NO2. The molecule has 1 rings (SSSR count). The van der Waals surface area contributed by atoms with Crippen molar-refractivity contribution in [1.82, 2.24) is 5.32 Å². The normalized spacial score (nSPS) is 26.5. The molecule has 0 saturated heterocycles. The van der Waals surface area contributed by atoms with E-state index in [1.807, 2.05) is 20.8 Å². The summed E-state index contributed by atoms with van der Waals surface area (Å²) in [6.07, 6.45) is 4.97. The second-order valence-electron chi connectivity index (χ2n) is 5.94. The van der Waals surface area contributed by atoms with Crippen molar-refractivity contribution in [3.05, 3.63) is 0 Å². The molecule has 0 heterocycles. The van der Waals surface area contributed by atoms with E-state index >= 15 is 0 Å². The van der Waals surface area contributed by atoms with E-state index in [1.54, 1.807) is 0 Å². The maximum absolute atomic E-state index is 11.5. The molecular weight excluding hydrogens is 202 g/mol. The third-order valence-electron chi connectivity index (χ3n) is 2.89. The van der Waals surface area contributed by atoms with Gasteiger partial charge < -0.3 is 10.1 Å². The lowest BCUT2D eigenvalue weighted by Gasteiger charge is -2.28. The molecule has 0 spiro atoms. The number of hydrogen-bond acceptors (Lipinski definition) is 3. The van der Waals surface area contributed by atoms with E-state index in [0.717, 1.165) is 5.92 Å². The van der Waals surface area contributed by atoms with E-state index < -0.39 is 0 Å². The summed E-state index contributed by atoms with van der Waals surface area (Å²) < 4.78 is 5.25. The van der Waals surface area contributed by atoms with Crippen molar-refractivity contribution < 1.29 is 9.53 Å². The Morgan fingerprint density at radius 3 is 2.62 bits per heavy atom. The Morgan fingerprint density at radius 2 is 2.06 bits per heavy atom. The third-order valence-corrected chi connectivity index (χ3v) is 2.89. The summed E-state index contributed by atoms with van der Waals surface area (Å²) >= 11 is 0. The highest BCUT2D eigenvalue weighted by atomic mass is 16.6. The quantitative estimate of drug-likeness (QED) is 0.753. The Morgan fingerprint density at radius 1 is 1.38 bits per heavy atom. The molecule has 2 unspecified atom stereocenters. The molecule has 1 aliphatic rings. The van der Waals surface area contributed by atoms with Crippen molar-refractivity contribution in [2.75, 3.05) is 6.54 Å². The summed E-state index contributed by atoms with van der Waals surface area (Å²) in [6.45, 7) is 8.31. The van der Waals surface area contributed by atoms with Gasteiger partial charge in [0.2, 0.25) is 0 Å². The van der Waals surface area contributed by atoms with Gasteiger partial charge in [0.1, 0.15) is 5.60 Å². The lowest BCUT2D eigenvalue weighted by molar-refractivity contribution is -0.153. The molecule has 0 aromatic rings. The van der Waals surface area contributed by atoms with Crippen LogP contribution in [-0.4, -0.2) is 24.2 Å². The molecule has 0 bridgehead atoms. The minimum absolute atomic E-state index is 0.147. The van der Waals surface area contributed by atoms with E-state index in [1.165, 1.54) is 25.7 Å². The van der Waals surface area contributed by atoms with E-state index in [0.29, 0.717) is 12.6 Å². The first-order valence-electron chi connectivity index (χ1n) is 6.32. The Bertz CT molecular complexity index is 233. The smallest absolute Gasteiger partial charge is 0.320 e. The van der Waals surface area contributed by atoms with E-state index in [4.69, 9.17) is 4.74 Å². The molecule has 2 atom stereocenters. The minimum atomic E-state index is -0.376. The summed E-state index contributed by atoms with van der Waals surface area (Å²) in [4.78, 5) is 11.5. The van der Waals surface area contributed by atoms with Crippen LogP contribution in [0, 0.1) is 5.92 Å². The van der Waals surface area contributed by atoms with Crippen LogP contribution in [0.15, 0.2) is 0 Å². The minimum Gasteiger partial charge on any atom is -0.459 e. The van der Waals surface area contributed by atoms with Gasteiger partial charge in [0.25, 0.3) is 0 Å². The van der Waals surface area contributed by atoms with Crippen LogP contribution in [0.2, 0.25) is 0 Å². The maximum Gasteiger partial charge on any atom is 0.320 e. The number of hydrogen-bond donors (Lipinski definition) is 1. The first kappa shape index (κ1) is 13.5. The van der Waals surface area contributed by atoms with Gasteiger partial charge in [0.15, 0.2) is 0 Å². The Kier molecular flexibility index (Phi) is 4.78. The van der Waals surface area contributed by atoms with Gasteiger partial charge in [-0.2, -0.15) is 0 Å². The highest BCUT2D eigenvalue weighted by Crippen LogP contribution is 2.23. The molecule has 3 heteroatoms. The molecule has 0 amide bonds. The molecule has 0 radical (unpaired) electrons. The predicted octanol–water partition coefficient (Wildman–Crippen LogP) is 2.50. The molecule has 94 valence electrons. The van der Waals surface area contributed by atoms with Gasteiger partial charge >= 0.3 is 5.97 Å². The topological polar surface area (TPSA) is 38.3 Å². The van der Waals surface area contributed by atoms with Crippen molar-refractivity contribution in [2.45, 2.75) is 65.0 Å². The summed E-state index contributed by atoms with van der Waals surface area (Å²) in [5.74, 6) is 0.635. The number of carbonyl (C=O) groups is 1. The van der Waals surface area contributed by atoms with Crippen molar-refractivity contribution in [2.24, 2.45) is 5.92 Å². The number of carbonyl (C=O) groups excluding carboxylic acids is 1. The summed E-state index contributed by atoms with van der Waals surface area (Å²) in [5, 5.41) is 3.30. The summed E-state index contributed by atoms with van der Waals surface area (Å²) in [6, 6.07) is 0.497. The molecule has 0 aliphatic heterocycles. The largest absolute Gasteiger partial charge is 0.459 e. The second kappa shape index (κ2) is 5.67. The third kappa shape index (κ3) is 5.50. The maximum atomic E-state index is 11.5. The van der Waals surface area contributed by atoms with Gasteiger partial charge in [-0.25, -0.2) is 0 Å². The second-order valence-corrected chi connectivity index (χ2v) is 5.94. The molecule has 1 fully saturated rings. The fraction of sp³-hybridized carbons (Fsp3) is 0.923. The fourth-order valence-corrected chi connectivity index (χ4v) is 2.22. The lowest BCUT2D eigenvalue weighted by Crippen LogP contribution is -2.39. The Balaban J connectivity index is 2.21. The number of ether oxygens (including phenoxy) is 1. The van der Waals surface area contributed by atoms with Crippen molar-refractivity contribution in [3.63, 3.8) is 0 Å². The van der Waals surface area contributed by atoms with Crippen LogP contribution in [-0.2, 0) is 9.53 Å². The molecule has 16 heavy (non-hydrogen) atoms. The van der Waals surface area contributed by atoms with E-state index in [-0.39, 0.29) is 11.6 Å². The number of rotatable bonds is 3. The molecule has 0 aromatic heterocycles. The van der Waals surface area contributed by atoms with Crippen LogP contribution in [0.1, 0.15) is 53.4 Å². The van der Waals surface area contributed by atoms with Crippen molar-refractivity contribution in [1.29, 1.82) is 0 Å². The predicted molar refractivity (Wildman–Crippen MR) is 65.3 cm³/mol. The van der Waals surface area contributed by atoms with Gasteiger partial charge in [-0.05, 0) is 39.5 Å². The first-order valence-corrected chi connectivity index (χ1v) is 6.32. The van der Waals surface area contributed by atoms with Gasteiger partial charge in [-0.3, -0.25) is 4.79 Å². The Hall–Kier alpha value is -0.570.